The standard InChI is InChI=1S/C15H8BrClN2O2S2/c16-8-5-11(23-7-8)6-12-13(20)18-15(22)19(14(12)21)10-3-1-9(17)2-4-10/h1-7H,(H,18,20,22). The lowest BCUT2D eigenvalue weighted by atomic mass is 10.1. The topological polar surface area (TPSA) is 49.4 Å². The van der Waals surface area contributed by atoms with E-state index in [0.29, 0.717) is 10.7 Å². The van der Waals surface area contributed by atoms with Crippen molar-refractivity contribution in [2.45, 2.75) is 0 Å². The molecule has 1 aliphatic heterocycles. The van der Waals surface area contributed by atoms with Crippen LogP contribution in [0.15, 0.2) is 45.8 Å². The van der Waals surface area contributed by atoms with Crippen LogP contribution < -0.4 is 10.2 Å². The van der Waals surface area contributed by atoms with Gasteiger partial charge in [0.15, 0.2) is 5.11 Å². The highest BCUT2D eigenvalue weighted by Gasteiger charge is 2.34. The molecule has 2 aromatic rings. The molecule has 0 unspecified atom stereocenters. The first kappa shape index (κ1) is 16.3. The predicted octanol–water partition coefficient (Wildman–Crippen LogP) is 4.00. The minimum Gasteiger partial charge on any atom is -0.298 e. The average molecular weight is 428 g/mol. The van der Waals surface area contributed by atoms with E-state index in [0.717, 1.165) is 9.35 Å². The molecule has 2 amide bonds. The number of rotatable bonds is 2. The first-order chi connectivity index (χ1) is 11.0. The van der Waals surface area contributed by atoms with Crippen LogP contribution in [0.1, 0.15) is 4.88 Å². The number of hydrogen-bond acceptors (Lipinski definition) is 4. The lowest BCUT2D eigenvalue weighted by Crippen LogP contribution is -2.54. The SMILES string of the molecule is O=C1NC(=S)N(c2ccc(Cl)cc2)C(=O)C1=Cc1cc(Br)cs1. The molecular weight excluding hydrogens is 420 g/mol. The Morgan fingerprint density at radius 2 is 1.96 bits per heavy atom. The van der Waals surface area contributed by atoms with E-state index in [1.807, 2.05) is 11.4 Å². The van der Waals surface area contributed by atoms with Crippen molar-refractivity contribution in [1.29, 1.82) is 0 Å². The van der Waals surface area contributed by atoms with E-state index in [-0.39, 0.29) is 10.7 Å². The molecule has 2 heterocycles. The Bertz CT molecular complexity index is 845. The smallest absolute Gasteiger partial charge is 0.270 e. The number of thiophene rings is 1. The number of benzene rings is 1. The lowest BCUT2D eigenvalue weighted by molar-refractivity contribution is -0.122. The zero-order valence-electron chi connectivity index (χ0n) is 11.4. The second-order valence-electron chi connectivity index (χ2n) is 4.60. The van der Waals surface area contributed by atoms with Crippen molar-refractivity contribution in [3.63, 3.8) is 0 Å². The normalized spacial score (nSPS) is 16.9. The van der Waals surface area contributed by atoms with Gasteiger partial charge in [0.05, 0.1) is 5.69 Å². The van der Waals surface area contributed by atoms with Gasteiger partial charge in [0, 0.05) is 19.8 Å². The Hall–Kier alpha value is -1.54. The predicted molar refractivity (Wildman–Crippen MR) is 99.7 cm³/mol. The lowest BCUT2D eigenvalue weighted by Gasteiger charge is -2.28. The Balaban J connectivity index is 2.00. The van der Waals surface area contributed by atoms with E-state index in [4.69, 9.17) is 23.8 Å². The van der Waals surface area contributed by atoms with Crippen LogP contribution in [-0.4, -0.2) is 16.9 Å². The molecule has 0 atom stereocenters. The number of carbonyl (C=O) groups excluding carboxylic acids is 2. The van der Waals surface area contributed by atoms with E-state index in [9.17, 15) is 9.59 Å². The van der Waals surface area contributed by atoms with Crippen molar-refractivity contribution in [3.05, 3.63) is 55.7 Å². The fourth-order valence-corrected chi connectivity index (χ4v) is 3.81. The second kappa shape index (κ2) is 6.52. The molecule has 0 aliphatic carbocycles. The molecule has 0 spiro atoms. The molecule has 1 fully saturated rings. The van der Waals surface area contributed by atoms with Crippen LogP contribution in [0.2, 0.25) is 5.02 Å². The van der Waals surface area contributed by atoms with Crippen LogP contribution in [-0.2, 0) is 9.59 Å². The van der Waals surface area contributed by atoms with Crippen LogP contribution in [0.25, 0.3) is 6.08 Å². The Morgan fingerprint density at radius 1 is 1.26 bits per heavy atom. The van der Waals surface area contributed by atoms with Crippen molar-refractivity contribution < 1.29 is 9.59 Å². The Kier molecular flexibility index (Phi) is 4.63. The maximum atomic E-state index is 12.7. The van der Waals surface area contributed by atoms with Crippen molar-refractivity contribution in [3.8, 4) is 0 Å². The Morgan fingerprint density at radius 3 is 2.57 bits per heavy atom. The molecule has 3 rings (SSSR count). The van der Waals surface area contributed by atoms with Crippen molar-refractivity contribution in [2.24, 2.45) is 0 Å². The number of hydrogen-bond donors (Lipinski definition) is 1. The van der Waals surface area contributed by atoms with E-state index < -0.39 is 11.8 Å². The van der Waals surface area contributed by atoms with Gasteiger partial charge in [0.1, 0.15) is 5.57 Å². The molecule has 0 radical (unpaired) electrons. The highest BCUT2D eigenvalue weighted by molar-refractivity contribution is 9.10. The first-order valence-electron chi connectivity index (χ1n) is 6.37. The van der Waals surface area contributed by atoms with Gasteiger partial charge < -0.3 is 0 Å². The molecule has 0 bridgehead atoms. The average Bonchev–Trinajstić information content (AvgIpc) is 2.91. The van der Waals surface area contributed by atoms with Crippen LogP contribution >= 0.6 is 51.1 Å². The molecule has 8 heteroatoms. The highest BCUT2D eigenvalue weighted by atomic mass is 79.9. The minimum absolute atomic E-state index is 0.0305. The first-order valence-corrected chi connectivity index (χ1v) is 8.82. The fourth-order valence-electron chi connectivity index (χ4n) is 2.03. The van der Waals surface area contributed by atoms with Crippen molar-refractivity contribution in [2.75, 3.05) is 4.90 Å². The number of carbonyl (C=O) groups is 2. The van der Waals surface area contributed by atoms with Crippen molar-refractivity contribution >= 4 is 79.8 Å². The molecule has 23 heavy (non-hydrogen) atoms. The third-order valence-electron chi connectivity index (χ3n) is 3.06. The second-order valence-corrected chi connectivity index (χ2v) is 7.28. The molecule has 1 aliphatic rings. The molecule has 4 nitrogen and oxygen atoms in total. The van der Waals surface area contributed by atoms with E-state index in [1.165, 1.54) is 16.2 Å². The number of amides is 2. The number of thiocarbonyl (C=S) groups is 1. The summed E-state index contributed by atoms with van der Waals surface area (Å²) < 4.78 is 0.892. The molecule has 1 N–H and O–H groups in total. The zero-order chi connectivity index (χ0) is 16.6. The van der Waals surface area contributed by atoms with Gasteiger partial charge >= 0.3 is 0 Å². The molecule has 116 valence electrons. The van der Waals surface area contributed by atoms with Crippen LogP contribution in [0.5, 0.6) is 0 Å². The van der Waals surface area contributed by atoms with Gasteiger partial charge in [-0.3, -0.25) is 19.8 Å². The summed E-state index contributed by atoms with van der Waals surface area (Å²) in [6, 6.07) is 8.48. The summed E-state index contributed by atoms with van der Waals surface area (Å²) in [6.45, 7) is 0. The quantitative estimate of drug-likeness (QED) is 0.448. The zero-order valence-corrected chi connectivity index (χ0v) is 15.4. The van der Waals surface area contributed by atoms with E-state index in [2.05, 4.69) is 21.2 Å². The van der Waals surface area contributed by atoms with Gasteiger partial charge in [-0.1, -0.05) is 11.6 Å². The maximum absolute atomic E-state index is 12.7. The third-order valence-corrected chi connectivity index (χ3v) is 5.24. The summed E-state index contributed by atoms with van der Waals surface area (Å²) in [7, 11) is 0. The van der Waals surface area contributed by atoms with Crippen molar-refractivity contribution in [1.82, 2.24) is 5.32 Å². The summed E-state index contributed by atoms with van der Waals surface area (Å²) in [5.41, 5.74) is 0.575. The van der Waals surface area contributed by atoms with Gasteiger partial charge in [-0.05, 0) is 64.6 Å². The number of nitrogens with one attached hydrogen (secondary N) is 1. The summed E-state index contributed by atoms with van der Waals surface area (Å²) >= 11 is 15.8. The number of anilines is 1. The van der Waals surface area contributed by atoms with Gasteiger partial charge in [-0.15, -0.1) is 11.3 Å². The highest BCUT2D eigenvalue weighted by Crippen LogP contribution is 2.26. The van der Waals surface area contributed by atoms with Crippen LogP contribution in [0.3, 0.4) is 0 Å². The summed E-state index contributed by atoms with van der Waals surface area (Å²) in [6.07, 6.45) is 1.55. The van der Waals surface area contributed by atoms with Gasteiger partial charge in [0.2, 0.25) is 0 Å². The van der Waals surface area contributed by atoms with Crippen LogP contribution in [0.4, 0.5) is 5.69 Å². The minimum atomic E-state index is -0.505. The molecule has 1 aromatic heterocycles. The molecule has 1 aromatic carbocycles. The summed E-state index contributed by atoms with van der Waals surface area (Å²) in [4.78, 5) is 26.9. The monoisotopic (exact) mass is 426 g/mol. The summed E-state index contributed by atoms with van der Waals surface area (Å²) in [5, 5.41) is 5.01. The number of halogens is 2. The Labute approximate surface area is 154 Å². The van der Waals surface area contributed by atoms with Gasteiger partial charge in [-0.25, -0.2) is 0 Å². The maximum Gasteiger partial charge on any atom is 0.270 e. The van der Waals surface area contributed by atoms with Crippen LogP contribution in [0, 0.1) is 0 Å². The third kappa shape index (κ3) is 3.37. The van der Waals surface area contributed by atoms with Gasteiger partial charge in [-0.2, -0.15) is 0 Å². The molecule has 1 saturated heterocycles. The van der Waals surface area contributed by atoms with E-state index >= 15 is 0 Å². The van der Waals surface area contributed by atoms with E-state index in [1.54, 1.807) is 30.3 Å². The molecule has 0 saturated carbocycles. The number of nitrogens with zero attached hydrogens (tertiary/aromatic N) is 1. The fraction of sp³-hybridized carbons (Fsp3) is 0. The molecular formula is C15H8BrClN2O2S2. The summed E-state index contributed by atoms with van der Waals surface area (Å²) in [5.74, 6) is -0.972. The largest absolute Gasteiger partial charge is 0.298 e. The van der Waals surface area contributed by atoms with Gasteiger partial charge in [0.25, 0.3) is 11.8 Å².